The summed E-state index contributed by atoms with van der Waals surface area (Å²) in [4.78, 5) is 25.1. The number of halogens is 1. The van der Waals surface area contributed by atoms with Gasteiger partial charge in [-0.05, 0) is 25.1 Å². The Hall–Kier alpha value is -1.20. The normalized spacial score (nSPS) is 19.4. The summed E-state index contributed by atoms with van der Waals surface area (Å²) in [6.45, 7) is 1.95. The number of nitrogens with zero attached hydrogens (tertiary/aromatic N) is 1. The highest BCUT2D eigenvalue weighted by Crippen LogP contribution is 2.30. The van der Waals surface area contributed by atoms with Crippen molar-refractivity contribution in [3.05, 3.63) is 28.2 Å². The van der Waals surface area contributed by atoms with Crippen molar-refractivity contribution in [3.63, 3.8) is 0 Å². The minimum absolute atomic E-state index is 0.00578. The molecule has 1 saturated heterocycles. The Morgan fingerprint density at radius 2 is 2.28 bits per heavy atom. The lowest BCUT2D eigenvalue weighted by Gasteiger charge is -2.19. The molecule has 1 aromatic carbocycles. The Labute approximate surface area is 114 Å². The smallest absolute Gasteiger partial charge is 0.227 e. The first-order valence-corrected chi connectivity index (χ1v) is 6.54. The van der Waals surface area contributed by atoms with E-state index in [1.807, 2.05) is 0 Å². The molecule has 18 heavy (non-hydrogen) atoms. The molecule has 1 fully saturated rings. The predicted octanol–water partition coefficient (Wildman–Crippen LogP) is 2.00. The third kappa shape index (κ3) is 2.47. The van der Waals surface area contributed by atoms with Crippen LogP contribution in [0.15, 0.2) is 22.7 Å². The highest BCUT2D eigenvalue weighted by molar-refractivity contribution is 9.10. The minimum Gasteiger partial charge on any atom is -0.396 e. The molecule has 0 aliphatic carbocycles. The average molecular weight is 312 g/mol. The second-order valence-corrected chi connectivity index (χ2v) is 5.39. The van der Waals surface area contributed by atoms with E-state index in [1.165, 1.54) is 6.92 Å². The molecule has 1 N–H and O–H groups in total. The maximum Gasteiger partial charge on any atom is 0.227 e. The van der Waals surface area contributed by atoms with Crippen molar-refractivity contribution >= 4 is 33.3 Å². The molecule has 96 valence electrons. The molecule has 0 radical (unpaired) electrons. The van der Waals surface area contributed by atoms with E-state index in [-0.39, 0.29) is 24.2 Å². The number of Topliss-reactive ketones (excluding diaryl/α,β-unsaturated/α-hetero) is 1. The highest BCUT2D eigenvalue weighted by Gasteiger charge is 2.31. The fourth-order valence-corrected chi connectivity index (χ4v) is 2.52. The van der Waals surface area contributed by atoms with Gasteiger partial charge in [0.05, 0.1) is 5.69 Å². The fourth-order valence-electron chi connectivity index (χ4n) is 2.16. The standard InChI is InChI=1S/C13H14BrNO3/c1-8(17)11-5-10(14)2-3-12(11)15-6-9(7-16)4-13(15)18/h2-3,5,9,16H,4,6-7H2,1H3. The third-order valence-corrected chi connectivity index (χ3v) is 3.59. The van der Waals surface area contributed by atoms with Gasteiger partial charge in [-0.2, -0.15) is 0 Å². The molecule has 5 heteroatoms. The summed E-state index contributed by atoms with van der Waals surface area (Å²) in [6.07, 6.45) is 0.337. The van der Waals surface area contributed by atoms with E-state index in [2.05, 4.69) is 15.9 Å². The van der Waals surface area contributed by atoms with Crippen LogP contribution in [-0.4, -0.2) is 29.9 Å². The summed E-state index contributed by atoms with van der Waals surface area (Å²) in [5.74, 6) is -0.161. The predicted molar refractivity (Wildman–Crippen MR) is 71.7 cm³/mol. The van der Waals surface area contributed by atoms with Gasteiger partial charge >= 0.3 is 0 Å². The van der Waals surface area contributed by atoms with Crippen LogP contribution in [0.25, 0.3) is 0 Å². The number of hydrogen-bond donors (Lipinski definition) is 1. The molecule has 1 aliphatic rings. The van der Waals surface area contributed by atoms with E-state index in [1.54, 1.807) is 23.1 Å². The lowest BCUT2D eigenvalue weighted by Crippen LogP contribution is -2.26. The second-order valence-electron chi connectivity index (χ2n) is 4.47. The van der Waals surface area contributed by atoms with Crippen LogP contribution in [-0.2, 0) is 4.79 Å². The van der Waals surface area contributed by atoms with E-state index in [0.29, 0.717) is 24.2 Å². The lowest BCUT2D eigenvalue weighted by atomic mass is 10.1. The molecule has 1 amide bonds. The van der Waals surface area contributed by atoms with Crippen molar-refractivity contribution in [2.24, 2.45) is 5.92 Å². The Bertz CT molecular complexity index is 501. The molecule has 1 atom stereocenters. The summed E-state index contributed by atoms with van der Waals surface area (Å²) in [6, 6.07) is 5.29. The number of aliphatic hydroxyl groups is 1. The number of rotatable bonds is 3. The van der Waals surface area contributed by atoms with Crippen molar-refractivity contribution in [1.29, 1.82) is 0 Å². The fraction of sp³-hybridized carbons (Fsp3) is 0.385. The topological polar surface area (TPSA) is 57.6 Å². The third-order valence-electron chi connectivity index (χ3n) is 3.09. The monoisotopic (exact) mass is 311 g/mol. The van der Waals surface area contributed by atoms with Gasteiger partial charge in [-0.3, -0.25) is 9.59 Å². The molecule has 1 heterocycles. The zero-order chi connectivity index (χ0) is 13.3. The average Bonchev–Trinajstić information content (AvgIpc) is 2.70. The summed E-state index contributed by atoms with van der Waals surface area (Å²) in [5.41, 5.74) is 1.16. The largest absolute Gasteiger partial charge is 0.396 e. The summed E-state index contributed by atoms with van der Waals surface area (Å²) >= 11 is 3.32. The number of carbonyl (C=O) groups excluding carboxylic acids is 2. The summed E-state index contributed by atoms with van der Waals surface area (Å²) in [5, 5.41) is 9.12. The highest BCUT2D eigenvalue weighted by atomic mass is 79.9. The van der Waals surface area contributed by atoms with Crippen molar-refractivity contribution in [3.8, 4) is 0 Å². The molecule has 0 spiro atoms. The number of carbonyl (C=O) groups is 2. The summed E-state index contributed by atoms with van der Waals surface area (Å²) in [7, 11) is 0. The van der Waals surface area contributed by atoms with Gasteiger partial charge in [-0.25, -0.2) is 0 Å². The van der Waals surface area contributed by atoms with Gasteiger partial charge in [0.25, 0.3) is 0 Å². The maximum absolute atomic E-state index is 11.9. The van der Waals surface area contributed by atoms with Crippen LogP contribution < -0.4 is 4.90 Å². The molecule has 2 rings (SSSR count). The van der Waals surface area contributed by atoms with Crippen LogP contribution in [0.3, 0.4) is 0 Å². The minimum atomic E-state index is -0.0773. The molecule has 1 aliphatic heterocycles. The zero-order valence-corrected chi connectivity index (χ0v) is 11.6. The molecule has 0 aromatic heterocycles. The van der Waals surface area contributed by atoms with E-state index >= 15 is 0 Å². The van der Waals surface area contributed by atoms with Gasteiger partial charge in [0.2, 0.25) is 5.91 Å². The first kappa shape index (κ1) is 13.2. The number of ketones is 1. The maximum atomic E-state index is 11.9. The van der Waals surface area contributed by atoms with Gasteiger partial charge in [0.1, 0.15) is 0 Å². The lowest BCUT2D eigenvalue weighted by molar-refractivity contribution is -0.117. The van der Waals surface area contributed by atoms with E-state index in [0.717, 1.165) is 4.47 Å². The van der Waals surface area contributed by atoms with Gasteiger partial charge in [0, 0.05) is 35.5 Å². The van der Waals surface area contributed by atoms with E-state index in [9.17, 15) is 9.59 Å². The van der Waals surface area contributed by atoms with Crippen LogP contribution in [0.4, 0.5) is 5.69 Å². The Kier molecular flexibility index (Phi) is 3.82. The molecular formula is C13H14BrNO3. The van der Waals surface area contributed by atoms with Crippen LogP contribution in [0.5, 0.6) is 0 Å². The molecule has 0 saturated carbocycles. The van der Waals surface area contributed by atoms with Crippen LogP contribution in [0, 0.1) is 5.92 Å². The Morgan fingerprint density at radius 3 is 2.83 bits per heavy atom. The molecular weight excluding hydrogens is 298 g/mol. The first-order chi connectivity index (χ1) is 8.52. The molecule has 0 bridgehead atoms. The number of hydrogen-bond acceptors (Lipinski definition) is 3. The van der Waals surface area contributed by atoms with E-state index in [4.69, 9.17) is 5.11 Å². The first-order valence-electron chi connectivity index (χ1n) is 5.74. The van der Waals surface area contributed by atoms with Crippen LogP contribution in [0.1, 0.15) is 23.7 Å². The SMILES string of the molecule is CC(=O)c1cc(Br)ccc1N1CC(CO)CC1=O. The van der Waals surface area contributed by atoms with Gasteiger partial charge < -0.3 is 10.0 Å². The number of benzene rings is 1. The van der Waals surface area contributed by atoms with Gasteiger partial charge in [0.15, 0.2) is 5.78 Å². The zero-order valence-electron chi connectivity index (χ0n) is 10.0. The van der Waals surface area contributed by atoms with Crippen molar-refractivity contribution in [2.75, 3.05) is 18.1 Å². The van der Waals surface area contributed by atoms with Crippen LogP contribution >= 0.6 is 15.9 Å². The number of aliphatic hydroxyl groups excluding tert-OH is 1. The van der Waals surface area contributed by atoms with E-state index < -0.39 is 0 Å². The Balaban J connectivity index is 2.39. The molecule has 1 unspecified atom stereocenters. The van der Waals surface area contributed by atoms with Crippen LogP contribution in [0.2, 0.25) is 0 Å². The van der Waals surface area contributed by atoms with Crippen molar-refractivity contribution < 1.29 is 14.7 Å². The van der Waals surface area contributed by atoms with Crippen molar-refractivity contribution in [1.82, 2.24) is 0 Å². The quantitative estimate of drug-likeness (QED) is 0.869. The number of anilines is 1. The number of amides is 1. The second kappa shape index (κ2) is 5.20. The molecule has 4 nitrogen and oxygen atoms in total. The van der Waals surface area contributed by atoms with Gasteiger partial charge in [-0.1, -0.05) is 15.9 Å². The summed E-state index contributed by atoms with van der Waals surface area (Å²) < 4.78 is 0.807. The van der Waals surface area contributed by atoms with Crippen molar-refractivity contribution in [2.45, 2.75) is 13.3 Å². The van der Waals surface area contributed by atoms with Gasteiger partial charge in [-0.15, -0.1) is 0 Å². The molecule has 1 aromatic rings. The Morgan fingerprint density at radius 1 is 1.56 bits per heavy atom.